The fraction of sp³-hybridized carbons (Fsp3) is 0.136. The summed E-state index contributed by atoms with van der Waals surface area (Å²) in [6.07, 6.45) is 2.38. The number of anilines is 2. The summed E-state index contributed by atoms with van der Waals surface area (Å²) in [4.78, 5) is 27.9. The van der Waals surface area contributed by atoms with Crippen molar-refractivity contribution in [2.75, 3.05) is 10.6 Å². The van der Waals surface area contributed by atoms with Gasteiger partial charge < -0.3 is 15.2 Å². The number of aromatic nitrogens is 2. The van der Waals surface area contributed by atoms with Crippen LogP contribution in [0.15, 0.2) is 66.2 Å². The van der Waals surface area contributed by atoms with Crippen LogP contribution in [0.25, 0.3) is 22.2 Å². The Balaban J connectivity index is 1.36. The molecule has 0 bridgehead atoms. The van der Waals surface area contributed by atoms with Crippen molar-refractivity contribution in [2.24, 2.45) is 0 Å². The summed E-state index contributed by atoms with van der Waals surface area (Å²) < 4.78 is 2.08. The lowest BCUT2D eigenvalue weighted by molar-refractivity contribution is -0.116. The summed E-state index contributed by atoms with van der Waals surface area (Å²) in [5, 5.41) is 9.26. The second kappa shape index (κ2) is 8.28. The first kappa shape index (κ1) is 18.9. The maximum atomic E-state index is 12.3. The van der Waals surface area contributed by atoms with Gasteiger partial charge in [-0.25, -0.2) is 4.98 Å². The van der Waals surface area contributed by atoms with Crippen LogP contribution >= 0.6 is 11.3 Å². The zero-order chi connectivity index (χ0) is 20.2. The van der Waals surface area contributed by atoms with Crippen molar-refractivity contribution in [3.63, 3.8) is 0 Å². The van der Waals surface area contributed by atoms with Crippen LogP contribution in [-0.2, 0) is 16.1 Å². The third kappa shape index (κ3) is 4.52. The average molecular weight is 404 g/mol. The van der Waals surface area contributed by atoms with Crippen LogP contribution in [-0.4, -0.2) is 21.4 Å². The van der Waals surface area contributed by atoms with E-state index in [0.717, 1.165) is 22.5 Å². The third-order valence-corrected chi connectivity index (χ3v) is 5.27. The van der Waals surface area contributed by atoms with Crippen LogP contribution in [0, 0.1) is 0 Å². The molecule has 0 aliphatic carbocycles. The van der Waals surface area contributed by atoms with Crippen LogP contribution in [0.2, 0.25) is 0 Å². The van der Waals surface area contributed by atoms with Gasteiger partial charge in [0.25, 0.3) is 0 Å². The standard InChI is InChI=1S/C22H20N4O2S/c1-15(27)23-18-8-6-16(7-9-18)19-14-29-22(24-19)25-21(28)11-13-26-12-10-17-4-2-3-5-20(17)26/h2-10,12,14H,11,13H2,1H3,(H,23,27)(H,24,25,28). The first-order valence-corrected chi connectivity index (χ1v) is 10.1. The summed E-state index contributed by atoms with van der Waals surface area (Å²) in [5.74, 6) is -0.172. The highest BCUT2D eigenvalue weighted by molar-refractivity contribution is 7.14. The normalized spacial score (nSPS) is 10.8. The number of carbonyl (C=O) groups excluding carboxylic acids is 2. The second-order valence-electron chi connectivity index (χ2n) is 6.66. The van der Waals surface area contributed by atoms with Crippen LogP contribution in [0.3, 0.4) is 0 Å². The molecule has 4 aromatic rings. The molecule has 0 fully saturated rings. The molecular weight excluding hydrogens is 384 g/mol. The zero-order valence-electron chi connectivity index (χ0n) is 15.9. The van der Waals surface area contributed by atoms with Crippen molar-refractivity contribution >= 4 is 44.9 Å². The monoisotopic (exact) mass is 404 g/mol. The maximum absolute atomic E-state index is 12.3. The first-order chi connectivity index (χ1) is 14.1. The highest BCUT2D eigenvalue weighted by atomic mass is 32.1. The van der Waals surface area contributed by atoms with Crippen LogP contribution in [0.1, 0.15) is 13.3 Å². The minimum Gasteiger partial charge on any atom is -0.347 e. The molecule has 29 heavy (non-hydrogen) atoms. The van der Waals surface area contributed by atoms with Gasteiger partial charge in [-0.3, -0.25) is 9.59 Å². The number of fused-ring (bicyclic) bond motifs is 1. The van der Waals surface area contributed by atoms with E-state index in [1.165, 1.54) is 23.6 Å². The van der Waals surface area contributed by atoms with Gasteiger partial charge in [0.2, 0.25) is 11.8 Å². The number of aryl methyl sites for hydroxylation is 1. The predicted octanol–water partition coefficient (Wildman–Crippen LogP) is 4.75. The Kier molecular flexibility index (Phi) is 5.39. The van der Waals surface area contributed by atoms with E-state index in [4.69, 9.17) is 0 Å². The Labute approximate surface area is 172 Å². The fourth-order valence-electron chi connectivity index (χ4n) is 3.13. The second-order valence-corrected chi connectivity index (χ2v) is 7.52. The van der Waals surface area contributed by atoms with E-state index in [2.05, 4.69) is 38.4 Å². The van der Waals surface area contributed by atoms with Crippen molar-refractivity contribution in [1.82, 2.24) is 9.55 Å². The van der Waals surface area contributed by atoms with Crippen LogP contribution < -0.4 is 10.6 Å². The van der Waals surface area contributed by atoms with Crippen molar-refractivity contribution in [1.29, 1.82) is 0 Å². The molecular formula is C22H20N4O2S. The molecule has 0 aliphatic heterocycles. The molecule has 0 saturated heterocycles. The van der Waals surface area contributed by atoms with Crippen molar-refractivity contribution < 1.29 is 9.59 Å². The summed E-state index contributed by atoms with van der Waals surface area (Å²) in [6, 6.07) is 17.6. The molecule has 146 valence electrons. The number of para-hydroxylation sites is 1. The van der Waals surface area contributed by atoms with E-state index < -0.39 is 0 Å². The van der Waals surface area contributed by atoms with Crippen LogP contribution in [0.4, 0.5) is 10.8 Å². The Morgan fingerprint density at radius 2 is 1.83 bits per heavy atom. The Morgan fingerprint density at radius 3 is 2.62 bits per heavy atom. The van der Waals surface area contributed by atoms with E-state index in [1.807, 2.05) is 48.0 Å². The van der Waals surface area contributed by atoms with Crippen molar-refractivity contribution in [2.45, 2.75) is 19.9 Å². The van der Waals surface area contributed by atoms with E-state index in [0.29, 0.717) is 18.1 Å². The lowest BCUT2D eigenvalue weighted by atomic mass is 10.1. The molecule has 0 radical (unpaired) electrons. The summed E-state index contributed by atoms with van der Waals surface area (Å²) in [5.41, 5.74) is 3.58. The number of benzene rings is 2. The number of hydrogen-bond donors (Lipinski definition) is 2. The van der Waals surface area contributed by atoms with Gasteiger partial charge in [-0.05, 0) is 29.7 Å². The smallest absolute Gasteiger partial charge is 0.227 e. The number of thiazole rings is 1. The van der Waals surface area contributed by atoms with Gasteiger partial charge in [0.05, 0.1) is 5.69 Å². The maximum Gasteiger partial charge on any atom is 0.227 e. The minimum absolute atomic E-state index is 0.0651. The molecule has 2 heterocycles. The number of rotatable bonds is 6. The fourth-order valence-corrected chi connectivity index (χ4v) is 3.87. The van der Waals surface area contributed by atoms with Crippen molar-refractivity contribution in [3.05, 3.63) is 66.2 Å². The lowest BCUT2D eigenvalue weighted by Gasteiger charge is -2.05. The van der Waals surface area contributed by atoms with E-state index in [9.17, 15) is 9.59 Å². The summed E-state index contributed by atoms with van der Waals surface area (Å²) in [6.45, 7) is 2.09. The molecule has 6 nitrogen and oxygen atoms in total. The van der Waals surface area contributed by atoms with E-state index in [-0.39, 0.29) is 11.8 Å². The van der Waals surface area contributed by atoms with Gasteiger partial charge in [-0.15, -0.1) is 11.3 Å². The topological polar surface area (TPSA) is 76.0 Å². The van der Waals surface area contributed by atoms with Crippen molar-refractivity contribution in [3.8, 4) is 11.3 Å². The Bertz CT molecular complexity index is 1160. The molecule has 2 amide bonds. The minimum atomic E-state index is -0.107. The predicted molar refractivity (Wildman–Crippen MR) is 117 cm³/mol. The van der Waals surface area contributed by atoms with Gasteiger partial charge in [-0.2, -0.15) is 0 Å². The molecule has 0 aliphatic rings. The molecule has 0 unspecified atom stereocenters. The number of carbonyl (C=O) groups is 2. The summed E-state index contributed by atoms with van der Waals surface area (Å²) >= 11 is 1.39. The molecule has 0 spiro atoms. The van der Waals surface area contributed by atoms with E-state index >= 15 is 0 Å². The van der Waals surface area contributed by atoms with Gasteiger partial charge in [0.15, 0.2) is 5.13 Å². The number of nitrogens with one attached hydrogen (secondary N) is 2. The highest BCUT2D eigenvalue weighted by Crippen LogP contribution is 2.26. The molecule has 2 N–H and O–H groups in total. The Morgan fingerprint density at radius 1 is 1.03 bits per heavy atom. The largest absolute Gasteiger partial charge is 0.347 e. The van der Waals surface area contributed by atoms with Gasteiger partial charge >= 0.3 is 0 Å². The highest BCUT2D eigenvalue weighted by Gasteiger charge is 2.09. The first-order valence-electron chi connectivity index (χ1n) is 9.26. The zero-order valence-corrected chi connectivity index (χ0v) is 16.7. The van der Waals surface area contributed by atoms with Gasteiger partial charge in [0.1, 0.15) is 0 Å². The molecule has 0 atom stereocenters. The molecule has 2 aromatic heterocycles. The molecule has 2 aromatic carbocycles. The quantitative estimate of drug-likeness (QED) is 0.487. The summed E-state index contributed by atoms with van der Waals surface area (Å²) in [7, 11) is 0. The van der Waals surface area contributed by atoms with Gasteiger partial charge in [0, 0.05) is 48.2 Å². The SMILES string of the molecule is CC(=O)Nc1ccc(-c2csc(NC(=O)CCn3ccc4ccccc43)n2)cc1. The van der Waals surface area contributed by atoms with Gasteiger partial charge in [-0.1, -0.05) is 30.3 Å². The Hall–Kier alpha value is -3.45. The van der Waals surface area contributed by atoms with Crippen LogP contribution in [0.5, 0.6) is 0 Å². The third-order valence-electron chi connectivity index (χ3n) is 4.51. The molecule has 7 heteroatoms. The number of nitrogens with zero attached hydrogens (tertiary/aromatic N) is 2. The molecule has 4 rings (SSSR count). The lowest BCUT2D eigenvalue weighted by Crippen LogP contribution is -2.14. The van der Waals surface area contributed by atoms with E-state index in [1.54, 1.807) is 0 Å². The average Bonchev–Trinajstić information content (AvgIpc) is 3.34. The number of hydrogen-bond acceptors (Lipinski definition) is 4. The molecule has 0 saturated carbocycles. The number of amides is 2.